The molecule has 0 unspecified atom stereocenters. The van der Waals surface area contributed by atoms with Crippen molar-refractivity contribution in [2.45, 2.75) is 31.2 Å². The number of tetrazole rings is 1. The Kier molecular flexibility index (Phi) is 4.46. The number of benzene rings is 1. The molecule has 8 heteroatoms. The topological polar surface area (TPSA) is 89.8 Å². The van der Waals surface area contributed by atoms with Gasteiger partial charge in [-0.25, -0.2) is 17.8 Å². The van der Waals surface area contributed by atoms with E-state index in [9.17, 15) is 8.42 Å². The second-order valence-electron chi connectivity index (χ2n) is 4.59. The Labute approximate surface area is 118 Å². The van der Waals surface area contributed by atoms with Gasteiger partial charge in [-0.1, -0.05) is 18.2 Å². The summed E-state index contributed by atoms with van der Waals surface area (Å²) in [7, 11) is -3.47. The Hall–Kier alpha value is -1.80. The lowest BCUT2D eigenvalue weighted by Crippen LogP contribution is -2.27. The lowest BCUT2D eigenvalue weighted by atomic mass is 10.3. The first-order valence-corrected chi connectivity index (χ1v) is 7.80. The van der Waals surface area contributed by atoms with E-state index in [1.165, 1.54) is 0 Å². The maximum atomic E-state index is 12.0. The molecule has 20 heavy (non-hydrogen) atoms. The molecule has 108 valence electrons. The van der Waals surface area contributed by atoms with Crippen LogP contribution in [0.1, 0.15) is 25.7 Å². The molecule has 0 spiro atoms. The van der Waals surface area contributed by atoms with Gasteiger partial charge in [0.05, 0.1) is 10.9 Å². The molecule has 0 aliphatic rings. The lowest BCUT2D eigenvalue weighted by molar-refractivity contribution is 0.492. The first-order valence-electron chi connectivity index (χ1n) is 6.32. The molecular formula is C12H17N5O2S. The zero-order valence-electron chi connectivity index (χ0n) is 11.4. The Balaban J connectivity index is 1.98. The molecule has 1 N–H and O–H groups in total. The molecule has 0 saturated heterocycles. The van der Waals surface area contributed by atoms with Crippen LogP contribution in [0, 0.1) is 0 Å². The third-order valence-electron chi connectivity index (χ3n) is 2.74. The van der Waals surface area contributed by atoms with E-state index in [4.69, 9.17) is 0 Å². The van der Waals surface area contributed by atoms with E-state index < -0.39 is 10.0 Å². The maximum Gasteiger partial charge on any atom is 0.240 e. The minimum absolute atomic E-state index is 0.144. The van der Waals surface area contributed by atoms with Crippen LogP contribution >= 0.6 is 0 Å². The van der Waals surface area contributed by atoms with Gasteiger partial charge in [0.2, 0.25) is 10.0 Å². The summed E-state index contributed by atoms with van der Waals surface area (Å²) in [6.07, 6.45) is 0.442. The number of aromatic nitrogens is 4. The largest absolute Gasteiger partial charge is 0.240 e. The maximum absolute atomic E-state index is 12.0. The van der Waals surface area contributed by atoms with Gasteiger partial charge in [-0.3, -0.25) is 0 Å². The highest BCUT2D eigenvalue weighted by Gasteiger charge is 2.14. The molecule has 0 radical (unpaired) electrons. The van der Waals surface area contributed by atoms with E-state index in [0.29, 0.717) is 12.2 Å². The first-order chi connectivity index (χ1) is 9.50. The highest BCUT2D eigenvalue weighted by Crippen LogP contribution is 2.08. The van der Waals surface area contributed by atoms with Gasteiger partial charge in [-0.15, -0.1) is 5.10 Å². The Morgan fingerprint density at radius 1 is 1.25 bits per heavy atom. The van der Waals surface area contributed by atoms with Gasteiger partial charge in [-0.2, -0.15) is 0 Å². The smallest absolute Gasteiger partial charge is 0.227 e. The minimum Gasteiger partial charge on any atom is -0.227 e. The number of nitrogens with zero attached hydrogens (tertiary/aromatic N) is 4. The Morgan fingerprint density at radius 3 is 2.60 bits per heavy atom. The molecule has 0 fully saturated rings. The summed E-state index contributed by atoms with van der Waals surface area (Å²) in [5.41, 5.74) is 0. The summed E-state index contributed by atoms with van der Waals surface area (Å²) in [4.78, 5) is 0.253. The van der Waals surface area contributed by atoms with Crippen LogP contribution in [-0.4, -0.2) is 35.2 Å². The minimum atomic E-state index is -3.47. The molecule has 2 aromatic rings. The van der Waals surface area contributed by atoms with Gasteiger partial charge in [0, 0.05) is 13.0 Å². The van der Waals surface area contributed by atoms with Gasteiger partial charge >= 0.3 is 0 Å². The van der Waals surface area contributed by atoms with E-state index in [1.807, 2.05) is 13.8 Å². The molecule has 0 bridgehead atoms. The molecule has 0 atom stereocenters. The second-order valence-corrected chi connectivity index (χ2v) is 6.36. The second kappa shape index (κ2) is 6.10. The van der Waals surface area contributed by atoms with Crippen LogP contribution in [0.4, 0.5) is 0 Å². The van der Waals surface area contributed by atoms with Crippen molar-refractivity contribution in [2.75, 3.05) is 6.54 Å². The molecule has 0 aliphatic carbocycles. The highest BCUT2D eigenvalue weighted by atomic mass is 32.2. The number of sulfonamides is 1. The van der Waals surface area contributed by atoms with Crippen molar-refractivity contribution in [3.63, 3.8) is 0 Å². The molecule has 0 saturated carbocycles. The summed E-state index contributed by atoms with van der Waals surface area (Å²) in [5, 5.41) is 11.4. The number of hydrogen-bond donors (Lipinski definition) is 1. The van der Waals surface area contributed by atoms with E-state index in [-0.39, 0.29) is 17.5 Å². The van der Waals surface area contributed by atoms with Crippen molar-refractivity contribution in [1.82, 2.24) is 24.9 Å². The van der Waals surface area contributed by atoms with Crippen molar-refractivity contribution in [1.29, 1.82) is 0 Å². The van der Waals surface area contributed by atoms with Crippen LogP contribution in [-0.2, 0) is 16.4 Å². The van der Waals surface area contributed by atoms with Gasteiger partial charge in [0.15, 0.2) is 5.82 Å². The van der Waals surface area contributed by atoms with E-state index in [2.05, 4.69) is 20.2 Å². The number of hydrogen-bond acceptors (Lipinski definition) is 5. The molecule has 1 aromatic heterocycles. The molecule has 0 aliphatic heterocycles. The van der Waals surface area contributed by atoms with Crippen LogP contribution in [0.3, 0.4) is 0 Å². The lowest BCUT2D eigenvalue weighted by Gasteiger charge is -2.08. The normalized spacial score (nSPS) is 11.9. The third-order valence-corrected chi connectivity index (χ3v) is 4.22. The van der Waals surface area contributed by atoms with E-state index in [0.717, 1.165) is 0 Å². The van der Waals surface area contributed by atoms with Crippen molar-refractivity contribution >= 4 is 10.0 Å². The fourth-order valence-electron chi connectivity index (χ4n) is 1.76. The zero-order chi connectivity index (χ0) is 14.6. The van der Waals surface area contributed by atoms with Gasteiger partial charge < -0.3 is 0 Å². The monoisotopic (exact) mass is 295 g/mol. The number of rotatable bonds is 6. The van der Waals surface area contributed by atoms with Crippen molar-refractivity contribution < 1.29 is 8.42 Å². The Bertz CT molecular complexity index is 651. The fourth-order valence-corrected chi connectivity index (χ4v) is 2.81. The van der Waals surface area contributed by atoms with Crippen molar-refractivity contribution in [3.8, 4) is 0 Å². The molecule has 7 nitrogen and oxygen atoms in total. The van der Waals surface area contributed by atoms with Gasteiger partial charge in [0.25, 0.3) is 0 Å². The summed E-state index contributed by atoms with van der Waals surface area (Å²) < 4.78 is 28.2. The summed E-state index contributed by atoms with van der Waals surface area (Å²) in [6, 6.07) is 8.41. The van der Waals surface area contributed by atoms with Crippen LogP contribution in [0.2, 0.25) is 0 Å². The summed E-state index contributed by atoms with van der Waals surface area (Å²) >= 11 is 0. The van der Waals surface area contributed by atoms with Crippen LogP contribution < -0.4 is 4.72 Å². The summed E-state index contributed by atoms with van der Waals surface area (Å²) in [5.74, 6) is 0.663. The quantitative estimate of drug-likeness (QED) is 0.850. The zero-order valence-corrected chi connectivity index (χ0v) is 12.2. The average molecular weight is 295 g/mol. The highest BCUT2D eigenvalue weighted by molar-refractivity contribution is 7.89. The number of nitrogens with one attached hydrogen (secondary N) is 1. The van der Waals surface area contributed by atoms with E-state index in [1.54, 1.807) is 35.0 Å². The third kappa shape index (κ3) is 3.40. The van der Waals surface area contributed by atoms with Gasteiger partial charge in [0.1, 0.15) is 0 Å². The predicted octanol–water partition coefficient (Wildman–Crippen LogP) is 0.775. The van der Waals surface area contributed by atoms with Gasteiger partial charge in [-0.05, 0) is 36.4 Å². The fraction of sp³-hybridized carbons (Fsp3) is 0.417. The molecule has 1 aromatic carbocycles. The van der Waals surface area contributed by atoms with Crippen LogP contribution in [0.25, 0.3) is 0 Å². The standard InChI is InChI=1S/C12H17N5O2S/c1-10(2)17-12(14-15-16-17)8-9-13-20(18,19)11-6-4-3-5-7-11/h3-7,10,13H,8-9H2,1-2H3. The molecular weight excluding hydrogens is 278 g/mol. The van der Waals surface area contributed by atoms with Crippen LogP contribution in [0.5, 0.6) is 0 Å². The first kappa shape index (κ1) is 14.6. The molecule has 1 heterocycles. The molecule has 0 amide bonds. The predicted molar refractivity (Wildman–Crippen MR) is 73.5 cm³/mol. The Morgan fingerprint density at radius 2 is 1.95 bits per heavy atom. The van der Waals surface area contributed by atoms with Crippen LogP contribution in [0.15, 0.2) is 35.2 Å². The molecule has 2 rings (SSSR count). The van der Waals surface area contributed by atoms with E-state index >= 15 is 0 Å². The van der Waals surface area contributed by atoms with Crippen molar-refractivity contribution in [3.05, 3.63) is 36.2 Å². The van der Waals surface area contributed by atoms with Crippen molar-refractivity contribution in [2.24, 2.45) is 0 Å². The SMILES string of the molecule is CC(C)n1nnnc1CCNS(=O)(=O)c1ccccc1. The summed E-state index contributed by atoms with van der Waals surface area (Å²) in [6.45, 7) is 4.19. The average Bonchev–Trinajstić information content (AvgIpc) is 2.88.